The van der Waals surface area contributed by atoms with Crippen molar-refractivity contribution >= 4 is 5.91 Å². The lowest BCUT2D eigenvalue weighted by molar-refractivity contribution is -0.116. The van der Waals surface area contributed by atoms with E-state index in [-0.39, 0.29) is 11.4 Å². The average Bonchev–Trinajstić information content (AvgIpc) is 1.93. The van der Waals surface area contributed by atoms with Crippen LogP contribution in [0.4, 0.5) is 0 Å². The number of rotatable bonds is 0. The van der Waals surface area contributed by atoms with E-state index >= 15 is 0 Å². The van der Waals surface area contributed by atoms with Crippen LogP contribution in [0.5, 0.6) is 0 Å². The molecule has 5 heteroatoms. The van der Waals surface area contributed by atoms with E-state index in [1.807, 2.05) is 0 Å². The van der Waals surface area contributed by atoms with Gasteiger partial charge >= 0.3 is 0 Å². The van der Waals surface area contributed by atoms with Gasteiger partial charge in [0.1, 0.15) is 6.33 Å². The number of nitrogens with zero attached hydrogens (tertiary/aromatic N) is 3. The molecule has 1 rings (SSSR count). The van der Waals surface area contributed by atoms with E-state index < -0.39 is 0 Å². The van der Waals surface area contributed by atoms with Crippen molar-refractivity contribution in [3.63, 3.8) is 0 Å². The molecule has 1 aromatic rings. The van der Waals surface area contributed by atoms with E-state index in [1.165, 1.54) is 19.2 Å². The normalized spacial score (nSPS) is 11.5. The molecule has 11 heavy (non-hydrogen) atoms. The Kier molecular flexibility index (Phi) is 2.00. The van der Waals surface area contributed by atoms with E-state index in [4.69, 9.17) is 5.21 Å². The van der Waals surface area contributed by atoms with Gasteiger partial charge in [-0.2, -0.15) is 9.72 Å². The minimum absolute atomic E-state index is 0.174. The third-order valence-corrected chi connectivity index (χ3v) is 0.992. The largest absolute Gasteiger partial charge is 0.425 e. The van der Waals surface area contributed by atoms with Gasteiger partial charge in [0.15, 0.2) is 5.49 Å². The van der Waals surface area contributed by atoms with E-state index in [9.17, 15) is 4.79 Å². The Hall–Kier alpha value is -1.65. The molecular formula is C6H7N3O2. The minimum atomic E-state index is -0.362. The van der Waals surface area contributed by atoms with Gasteiger partial charge in [0, 0.05) is 19.2 Å². The topological polar surface area (TPSA) is 67.5 Å². The molecule has 0 aromatic carbocycles. The van der Waals surface area contributed by atoms with Crippen LogP contribution >= 0.6 is 0 Å². The molecule has 0 fully saturated rings. The van der Waals surface area contributed by atoms with E-state index in [0.29, 0.717) is 4.73 Å². The molecule has 1 heterocycles. The molecule has 5 nitrogen and oxygen atoms in total. The lowest BCUT2D eigenvalue weighted by Gasteiger charge is -1.93. The van der Waals surface area contributed by atoms with Crippen LogP contribution in [0.25, 0.3) is 0 Å². The maximum Gasteiger partial charge on any atom is 0.244 e. The molecule has 0 aliphatic carbocycles. The maximum atomic E-state index is 10.5. The molecule has 58 valence electrons. The van der Waals surface area contributed by atoms with Crippen LogP contribution in [-0.2, 0) is 4.79 Å². The molecule has 0 atom stereocenters. The van der Waals surface area contributed by atoms with Gasteiger partial charge in [0.2, 0.25) is 5.91 Å². The summed E-state index contributed by atoms with van der Waals surface area (Å²) >= 11 is 0. The summed E-state index contributed by atoms with van der Waals surface area (Å²) in [4.78, 5) is 17.5. The molecule has 0 aliphatic rings. The summed E-state index contributed by atoms with van der Waals surface area (Å²) in [6.45, 7) is 1.31. The third-order valence-electron chi connectivity index (χ3n) is 0.992. The molecule has 0 aliphatic heterocycles. The van der Waals surface area contributed by atoms with Crippen molar-refractivity contribution in [1.82, 2.24) is 9.71 Å². The van der Waals surface area contributed by atoms with E-state index in [0.717, 1.165) is 6.33 Å². The van der Waals surface area contributed by atoms with Gasteiger partial charge in [-0.05, 0) is 0 Å². The third kappa shape index (κ3) is 1.89. The van der Waals surface area contributed by atoms with Gasteiger partial charge in [0.05, 0.1) is 0 Å². The van der Waals surface area contributed by atoms with Crippen LogP contribution in [0.3, 0.4) is 0 Å². The Balaban J connectivity index is 3.23. The summed E-state index contributed by atoms with van der Waals surface area (Å²) in [6, 6.07) is 1.43. The number of amides is 1. The first-order chi connectivity index (χ1) is 5.20. The molecule has 1 aromatic heterocycles. The molecule has 0 bridgehead atoms. The molecular weight excluding hydrogens is 146 g/mol. The smallest absolute Gasteiger partial charge is 0.244 e. The molecule has 1 N–H and O–H groups in total. The van der Waals surface area contributed by atoms with Crippen molar-refractivity contribution in [2.24, 2.45) is 4.99 Å². The summed E-state index contributed by atoms with van der Waals surface area (Å²) in [5.74, 6) is -0.362. The zero-order valence-corrected chi connectivity index (χ0v) is 5.93. The second-order valence-corrected chi connectivity index (χ2v) is 1.91. The van der Waals surface area contributed by atoms with Gasteiger partial charge in [-0.25, -0.2) is 4.98 Å². The van der Waals surface area contributed by atoms with Crippen molar-refractivity contribution < 1.29 is 10.0 Å². The lowest BCUT2D eigenvalue weighted by Crippen LogP contribution is -2.19. The molecule has 0 saturated carbocycles. The first-order valence-electron chi connectivity index (χ1n) is 2.97. The minimum Gasteiger partial charge on any atom is -0.425 e. The summed E-state index contributed by atoms with van der Waals surface area (Å²) in [6.07, 6.45) is 2.59. The average molecular weight is 153 g/mol. The Morgan fingerprint density at radius 3 is 3.09 bits per heavy atom. The Labute approximate surface area is 62.6 Å². The summed E-state index contributed by atoms with van der Waals surface area (Å²) in [7, 11) is 0. The fourth-order valence-electron chi connectivity index (χ4n) is 0.597. The highest BCUT2D eigenvalue weighted by Gasteiger charge is 1.89. The van der Waals surface area contributed by atoms with Gasteiger partial charge in [-0.1, -0.05) is 0 Å². The zero-order valence-electron chi connectivity index (χ0n) is 5.93. The van der Waals surface area contributed by atoms with Gasteiger partial charge in [-0.3, -0.25) is 4.79 Å². The predicted molar refractivity (Wildman–Crippen MR) is 35.7 cm³/mol. The van der Waals surface area contributed by atoms with Crippen molar-refractivity contribution in [2.45, 2.75) is 6.92 Å². The molecule has 1 amide bonds. The number of carbonyl (C=O) groups excluding carboxylic acids is 1. The highest BCUT2D eigenvalue weighted by Crippen LogP contribution is 1.71. The Morgan fingerprint density at radius 2 is 2.55 bits per heavy atom. The van der Waals surface area contributed by atoms with Crippen LogP contribution < -0.4 is 5.49 Å². The van der Waals surface area contributed by atoms with Crippen LogP contribution in [0.1, 0.15) is 6.92 Å². The summed E-state index contributed by atoms with van der Waals surface area (Å²) < 4.78 is 0.682. The fraction of sp³-hybridized carbons (Fsp3) is 0.167. The monoisotopic (exact) mass is 153 g/mol. The van der Waals surface area contributed by atoms with Crippen LogP contribution in [0.15, 0.2) is 23.6 Å². The predicted octanol–water partition coefficient (Wildman–Crippen LogP) is -0.432. The van der Waals surface area contributed by atoms with Gasteiger partial charge in [0.25, 0.3) is 0 Å². The van der Waals surface area contributed by atoms with Gasteiger partial charge in [-0.15, -0.1) is 0 Å². The fourth-order valence-corrected chi connectivity index (χ4v) is 0.597. The number of hydrogen-bond donors (Lipinski definition) is 1. The summed E-state index contributed by atoms with van der Waals surface area (Å²) in [5, 5.41) is 8.97. The SMILES string of the molecule is CC(=O)N=c1ccncn1O. The molecule has 0 spiro atoms. The zero-order chi connectivity index (χ0) is 8.27. The highest BCUT2D eigenvalue weighted by atomic mass is 16.5. The molecule has 0 unspecified atom stereocenters. The highest BCUT2D eigenvalue weighted by molar-refractivity contribution is 5.73. The Morgan fingerprint density at radius 1 is 1.82 bits per heavy atom. The second-order valence-electron chi connectivity index (χ2n) is 1.91. The quantitative estimate of drug-likeness (QED) is 0.514. The van der Waals surface area contributed by atoms with Crippen LogP contribution in [0.2, 0.25) is 0 Å². The summed E-state index contributed by atoms with van der Waals surface area (Å²) in [5.41, 5.74) is 0.174. The van der Waals surface area contributed by atoms with Crippen LogP contribution in [-0.4, -0.2) is 20.8 Å². The standard InChI is InChI=1S/C6H7N3O2/c1-5(10)8-6-2-3-7-4-9(6)11/h2-4,11H,1H3. The maximum absolute atomic E-state index is 10.5. The van der Waals surface area contributed by atoms with E-state index in [1.54, 1.807) is 0 Å². The number of aromatic nitrogens is 2. The van der Waals surface area contributed by atoms with Crippen molar-refractivity contribution in [2.75, 3.05) is 0 Å². The first kappa shape index (κ1) is 7.46. The van der Waals surface area contributed by atoms with Gasteiger partial charge < -0.3 is 5.21 Å². The van der Waals surface area contributed by atoms with Crippen molar-refractivity contribution in [3.8, 4) is 0 Å². The van der Waals surface area contributed by atoms with Crippen molar-refractivity contribution in [3.05, 3.63) is 24.1 Å². The lowest BCUT2D eigenvalue weighted by atomic mass is 10.6. The Bertz CT molecular complexity index is 329. The van der Waals surface area contributed by atoms with Crippen LogP contribution in [0, 0.1) is 0 Å². The second kappa shape index (κ2) is 2.96. The number of carbonyl (C=O) groups is 1. The number of hydrogen-bond acceptors (Lipinski definition) is 3. The van der Waals surface area contributed by atoms with Crippen molar-refractivity contribution in [1.29, 1.82) is 0 Å². The van der Waals surface area contributed by atoms with E-state index in [2.05, 4.69) is 9.98 Å². The molecule has 0 radical (unpaired) electrons. The molecule has 0 saturated heterocycles. The first-order valence-corrected chi connectivity index (χ1v) is 2.97.